The quantitative estimate of drug-likeness (QED) is 0.460. The van der Waals surface area contributed by atoms with Gasteiger partial charge in [0.15, 0.2) is 8.56 Å². The van der Waals surface area contributed by atoms with Crippen LogP contribution in [0.1, 0.15) is 26.2 Å². The van der Waals surface area contributed by atoms with Crippen LogP contribution in [0.3, 0.4) is 0 Å². The zero-order valence-electron chi connectivity index (χ0n) is 8.39. The second-order valence-corrected chi connectivity index (χ2v) is 14.6. The monoisotopic (exact) mass is 190 g/mol. The van der Waals surface area contributed by atoms with Gasteiger partial charge in [-0.3, -0.25) is 0 Å². The molecule has 0 rings (SSSR count). The second-order valence-electron chi connectivity index (χ2n) is 3.53. The summed E-state index contributed by atoms with van der Waals surface area (Å²) in [4.78, 5) is 0. The lowest BCUT2D eigenvalue weighted by atomic mass is 10.3. The first-order valence-electron chi connectivity index (χ1n) is 4.80. The third kappa shape index (κ3) is 6.78. The van der Waals surface area contributed by atoms with Crippen LogP contribution >= 0.6 is 0 Å². The van der Waals surface area contributed by atoms with Crippen molar-refractivity contribution in [1.29, 1.82) is 0 Å². The van der Waals surface area contributed by atoms with Crippen molar-refractivity contribution in [3.8, 4) is 0 Å². The number of hydrogen-bond donors (Lipinski definition) is 0. The lowest BCUT2D eigenvalue weighted by molar-refractivity contribution is 0.320. The molecule has 11 heavy (non-hydrogen) atoms. The molecule has 68 valence electrons. The standard InChI is InChI=1S/C8H22OSi2/c1-5-6-7-8-9-11(4)10(2)3/h10-11H,5-8H2,1-4H3. The van der Waals surface area contributed by atoms with Crippen molar-refractivity contribution in [2.75, 3.05) is 6.61 Å². The molecule has 0 saturated carbocycles. The highest BCUT2D eigenvalue weighted by atomic mass is 29.2. The van der Waals surface area contributed by atoms with Gasteiger partial charge >= 0.3 is 0 Å². The molecule has 0 aliphatic carbocycles. The molecule has 0 aliphatic heterocycles. The molecule has 0 heterocycles. The minimum absolute atomic E-state index is 0.400. The minimum Gasteiger partial charge on any atom is -0.424 e. The van der Waals surface area contributed by atoms with E-state index >= 15 is 0 Å². The Bertz CT molecular complexity index is 86.2. The SMILES string of the molecule is CCCCCO[SiH](C)[SiH](C)C. The first-order chi connectivity index (χ1) is 5.18. The molecule has 0 fully saturated rings. The molecule has 1 nitrogen and oxygen atoms in total. The van der Waals surface area contributed by atoms with Crippen molar-refractivity contribution in [3.05, 3.63) is 0 Å². The van der Waals surface area contributed by atoms with Gasteiger partial charge in [-0.1, -0.05) is 39.4 Å². The van der Waals surface area contributed by atoms with Gasteiger partial charge in [-0.2, -0.15) is 0 Å². The zero-order chi connectivity index (χ0) is 8.69. The van der Waals surface area contributed by atoms with Crippen LogP contribution in [0.15, 0.2) is 0 Å². The van der Waals surface area contributed by atoms with Gasteiger partial charge in [0.2, 0.25) is 0 Å². The van der Waals surface area contributed by atoms with Crippen LogP contribution in [0.5, 0.6) is 0 Å². The Morgan fingerprint density at radius 2 is 1.73 bits per heavy atom. The van der Waals surface area contributed by atoms with Gasteiger partial charge in [0.1, 0.15) is 0 Å². The van der Waals surface area contributed by atoms with E-state index in [0.29, 0.717) is 0 Å². The van der Waals surface area contributed by atoms with Crippen LogP contribution in [-0.2, 0) is 4.43 Å². The van der Waals surface area contributed by atoms with Crippen molar-refractivity contribution in [3.63, 3.8) is 0 Å². The third-order valence-electron chi connectivity index (χ3n) is 2.07. The number of hydrogen-bond acceptors (Lipinski definition) is 1. The molecule has 1 unspecified atom stereocenters. The largest absolute Gasteiger partial charge is 0.424 e. The lowest BCUT2D eigenvalue weighted by Gasteiger charge is -2.13. The summed E-state index contributed by atoms with van der Waals surface area (Å²) in [5.74, 6) is 0. The van der Waals surface area contributed by atoms with Crippen molar-refractivity contribution in [2.45, 2.75) is 45.8 Å². The average molecular weight is 190 g/mol. The summed E-state index contributed by atoms with van der Waals surface area (Å²) in [5, 5.41) is 0. The fraction of sp³-hybridized carbons (Fsp3) is 1.00. The molecule has 0 aromatic heterocycles. The van der Waals surface area contributed by atoms with Gasteiger partial charge in [0.05, 0.1) is 8.31 Å². The van der Waals surface area contributed by atoms with Crippen LogP contribution in [0.25, 0.3) is 0 Å². The molecule has 0 N–H and O–H groups in total. The van der Waals surface area contributed by atoms with Crippen LogP contribution in [0.2, 0.25) is 19.6 Å². The van der Waals surface area contributed by atoms with Gasteiger partial charge in [-0.15, -0.1) is 0 Å². The summed E-state index contributed by atoms with van der Waals surface area (Å²) >= 11 is 0. The van der Waals surface area contributed by atoms with Gasteiger partial charge in [0.25, 0.3) is 0 Å². The van der Waals surface area contributed by atoms with Crippen molar-refractivity contribution in [1.82, 2.24) is 0 Å². The summed E-state index contributed by atoms with van der Waals surface area (Å²) < 4.78 is 5.81. The van der Waals surface area contributed by atoms with E-state index in [1.807, 2.05) is 0 Å². The molecule has 0 aromatic rings. The molecule has 0 saturated heterocycles. The highest BCUT2D eigenvalue weighted by molar-refractivity contribution is 7.18. The van der Waals surface area contributed by atoms with Crippen LogP contribution in [0.4, 0.5) is 0 Å². The fourth-order valence-electron chi connectivity index (χ4n) is 0.814. The molecule has 3 heteroatoms. The first kappa shape index (κ1) is 11.4. The Balaban J connectivity index is 3.10. The van der Waals surface area contributed by atoms with Crippen molar-refractivity contribution in [2.24, 2.45) is 0 Å². The number of rotatable bonds is 6. The second kappa shape index (κ2) is 7.07. The van der Waals surface area contributed by atoms with E-state index in [2.05, 4.69) is 26.6 Å². The summed E-state index contributed by atoms with van der Waals surface area (Å²) in [5.41, 5.74) is 0. The summed E-state index contributed by atoms with van der Waals surface area (Å²) in [6.07, 6.45) is 3.91. The van der Waals surface area contributed by atoms with Gasteiger partial charge in [0, 0.05) is 6.61 Å². The van der Waals surface area contributed by atoms with E-state index < -0.39 is 16.9 Å². The fourth-order valence-corrected chi connectivity index (χ4v) is 3.30. The Morgan fingerprint density at radius 3 is 2.18 bits per heavy atom. The highest BCUT2D eigenvalue weighted by Gasteiger charge is 2.09. The van der Waals surface area contributed by atoms with E-state index in [1.165, 1.54) is 19.3 Å². The maximum Gasteiger partial charge on any atom is 0.158 e. The molecule has 0 aliphatic rings. The van der Waals surface area contributed by atoms with Gasteiger partial charge < -0.3 is 4.43 Å². The maximum absolute atomic E-state index is 5.81. The third-order valence-corrected chi connectivity index (χ3v) is 10.9. The van der Waals surface area contributed by atoms with Gasteiger partial charge in [-0.25, -0.2) is 0 Å². The van der Waals surface area contributed by atoms with Gasteiger partial charge in [-0.05, 0) is 6.42 Å². The minimum atomic E-state index is -0.679. The Morgan fingerprint density at radius 1 is 1.09 bits per heavy atom. The Labute approximate surface area is 74.3 Å². The van der Waals surface area contributed by atoms with Crippen LogP contribution in [0, 0.1) is 0 Å². The predicted octanol–water partition coefficient (Wildman–Crippen LogP) is 2.11. The Kier molecular flexibility index (Phi) is 7.32. The molecule has 0 bridgehead atoms. The summed E-state index contributed by atoms with van der Waals surface area (Å²) in [6, 6.07) is 0. The van der Waals surface area contributed by atoms with E-state index in [-0.39, 0.29) is 0 Å². The van der Waals surface area contributed by atoms with Crippen LogP contribution in [-0.4, -0.2) is 23.5 Å². The molecule has 1 atom stereocenters. The first-order valence-corrected chi connectivity index (χ1v) is 11.4. The van der Waals surface area contributed by atoms with Crippen molar-refractivity contribution < 1.29 is 4.43 Å². The topological polar surface area (TPSA) is 9.23 Å². The summed E-state index contributed by atoms with van der Waals surface area (Å²) in [6.45, 7) is 10.4. The molecule has 0 amide bonds. The molecular weight excluding hydrogens is 168 g/mol. The molecule has 0 aromatic carbocycles. The van der Waals surface area contributed by atoms with Crippen LogP contribution < -0.4 is 0 Å². The Hall–Kier alpha value is 0.394. The smallest absolute Gasteiger partial charge is 0.158 e. The molecular formula is C8H22OSi2. The van der Waals surface area contributed by atoms with E-state index in [4.69, 9.17) is 4.43 Å². The summed E-state index contributed by atoms with van der Waals surface area (Å²) in [7, 11) is -1.08. The molecule has 0 radical (unpaired) electrons. The van der Waals surface area contributed by atoms with E-state index in [0.717, 1.165) is 6.61 Å². The van der Waals surface area contributed by atoms with Crippen molar-refractivity contribution >= 4 is 16.9 Å². The number of unbranched alkanes of at least 4 members (excludes halogenated alkanes) is 2. The predicted molar refractivity (Wildman–Crippen MR) is 57.4 cm³/mol. The zero-order valence-corrected chi connectivity index (χ0v) is 10.7. The van der Waals surface area contributed by atoms with E-state index in [1.54, 1.807) is 0 Å². The molecule has 0 spiro atoms. The normalized spacial score (nSPS) is 13.9. The lowest BCUT2D eigenvalue weighted by Crippen LogP contribution is -2.30. The average Bonchev–Trinajstić information content (AvgIpc) is 1.97. The maximum atomic E-state index is 5.81. The highest BCUT2D eigenvalue weighted by Crippen LogP contribution is 1.98. The van der Waals surface area contributed by atoms with E-state index in [9.17, 15) is 0 Å².